The summed E-state index contributed by atoms with van der Waals surface area (Å²) < 4.78 is 0. The third kappa shape index (κ3) is 3.87. The average molecular weight is 224 g/mol. The molecule has 0 saturated heterocycles. The Bertz CT molecular complexity index is 491. The number of nitrogens with one attached hydrogen (secondary N) is 1. The average Bonchev–Trinajstić information content (AvgIpc) is 2.41. The number of pyridine rings is 2. The lowest BCUT2D eigenvalue weighted by molar-refractivity contribution is 1.32. The van der Waals surface area contributed by atoms with Crippen molar-refractivity contribution in [2.45, 2.75) is 0 Å². The number of aliphatic imine (C=N–C) groups is 1. The molecule has 0 aliphatic carbocycles. The Morgan fingerprint density at radius 2 is 1.59 bits per heavy atom. The van der Waals surface area contributed by atoms with E-state index in [1.165, 1.54) is 0 Å². The maximum absolute atomic E-state index is 4.23. The van der Waals surface area contributed by atoms with Crippen molar-refractivity contribution in [3.05, 3.63) is 61.3 Å². The summed E-state index contributed by atoms with van der Waals surface area (Å²) in [5.41, 5.74) is 1.88. The zero-order chi connectivity index (χ0) is 11.8. The highest BCUT2D eigenvalue weighted by Gasteiger charge is 1.83. The van der Waals surface area contributed by atoms with Gasteiger partial charge in [-0.2, -0.15) is 0 Å². The van der Waals surface area contributed by atoms with Crippen LogP contribution in [-0.4, -0.2) is 16.2 Å². The monoisotopic (exact) mass is 224 g/mol. The Labute approximate surface area is 99.8 Å². The molecular weight excluding hydrogens is 212 g/mol. The minimum Gasteiger partial charge on any atom is -0.362 e. The number of allylic oxidation sites excluding steroid dienone is 1. The summed E-state index contributed by atoms with van der Waals surface area (Å²) >= 11 is 0. The van der Waals surface area contributed by atoms with Gasteiger partial charge in [0.25, 0.3) is 0 Å². The predicted octanol–water partition coefficient (Wildman–Crippen LogP) is 2.80. The van der Waals surface area contributed by atoms with Gasteiger partial charge in [-0.25, -0.2) is 0 Å². The summed E-state index contributed by atoms with van der Waals surface area (Å²) in [5.74, 6) is 0. The molecule has 4 nitrogen and oxygen atoms in total. The zero-order valence-electron chi connectivity index (χ0n) is 9.19. The fraction of sp³-hybridized carbons (Fsp3) is 0. The Kier molecular flexibility index (Phi) is 4.00. The van der Waals surface area contributed by atoms with E-state index < -0.39 is 0 Å². The van der Waals surface area contributed by atoms with Crippen LogP contribution in [0.2, 0.25) is 0 Å². The summed E-state index contributed by atoms with van der Waals surface area (Å²) in [6.45, 7) is 0. The van der Waals surface area contributed by atoms with E-state index in [0.717, 1.165) is 11.4 Å². The maximum atomic E-state index is 4.23. The van der Waals surface area contributed by atoms with Crippen LogP contribution in [0, 0.1) is 0 Å². The zero-order valence-corrected chi connectivity index (χ0v) is 9.19. The lowest BCUT2D eigenvalue weighted by atomic mass is 10.4. The van der Waals surface area contributed by atoms with Gasteiger partial charge in [0.2, 0.25) is 0 Å². The summed E-state index contributed by atoms with van der Waals surface area (Å²) in [6.07, 6.45) is 12.3. The molecule has 0 unspecified atom stereocenters. The summed E-state index contributed by atoms with van der Waals surface area (Å²) in [6, 6.07) is 7.48. The van der Waals surface area contributed by atoms with Crippen molar-refractivity contribution < 1.29 is 0 Å². The first-order valence-corrected chi connectivity index (χ1v) is 5.21. The van der Waals surface area contributed by atoms with E-state index >= 15 is 0 Å². The molecular formula is C13H12N4. The smallest absolute Gasteiger partial charge is 0.0660 e. The molecule has 2 aromatic heterocycles. The van der Waals surface area contributed by atoms with E-state index in [1.54, 1.807) is 31.0 Å². The largest absolute Gasteiger partial charge is 0.362 e. The van der Waals surface area contributed by atoms with Gasteiger partial charge in [0.15, 0.2) is 0 Å². The molecule has 4 heteroatoms. The molecule has 0 spiro atoms. The Balaban J connectivity index is 1.85. The van der Waals surface area contributed by atoms with Crippen LogP contribution in [0.4, 0.5) is 11.4 Å². The van der Waals surface area contributed by atoms with E-state index in [9.17, 15) is 0 Å². The molecule has 2 heterocycles. The van der Waals surface area contributed by atoms with E-state index in [2.05, 4.69) is 20.3 Å². The fourth-order valence-electron chi connectivity index (χ4n) is 1.19. The molecule has 0 atom stereocenters. The lowest BCUT2D eigenvalue weighted by Crippen LogP contribution is -1.86. The van der Waals surface area contributed by atoms with Crippen LogP contribution in [0.5, 0.6) is 0 Å². The Hall–Kier alpha value is -2.49. The quantitative estimate of drug-likeness (QED) is 0.812. The van der Waals surface area contributed by atoms with Crippen LogP contribution in [0.25, 0.3) is 0 Å². The standard InChI is InChI=1S/C13H12N4/c1(6-16-12-2-8-14-9-3-12)7-17-13-4-10-15-11-5-13/h1-11H,(H,14,16). The van der Waals surface area contributed by atoms with Crippen molar-refractivity contribution in [3.63, 3.8) is 0 Å². The van der Waals surface area contributed by atoms with Crippen LogP contribution in [0.3, 0.4) is 0 Å². The van der Waals surface area contributed by atoms with Crippen molar-refractivity contribution >= 4 is 17.6 Å². The predicted molar refractivity (Wildman–Crippen MR) is 69.4 cm³/mol. The first-order chi connectivity index (χ1) is 8.45. The van der Waals surface area contributed by atoms with Crippen molar-refractivity contribution in [2.75, 3.05) is 5.32 Å². The Morgan fingerprint density at radius 1 is 0.941 bits per heavy atom. The molecule has 0 saturated carbocycles. The first-order valence-electron chi connectivity index (χ1n) is 5.21. The molecule has 17 heavy (non-hydrogen) atoms. The molecule has 0 fully saturated rings. The van der Waals surface area contributed by atoms with Crippen LogP contribution < -0.4 is 5.32 Å². The van der Waals surface area contributed by atoms with E-state index in [4.69, 9.17) is 0 Å². The third-order valence-electron chi connectivity index (χ3n) is 2.00. The van der Waals surface area contributed by atoms with Gasteiger partial charge in [-0.05, 0) is 30.3 Å². The number of hydrogen-bond donors (Lipinski definition) is 1. The van der Waals surface area contributed by atoms with Crippen molar-refractivity contribution in [3.8, 4) is 0 Å². The highest BCUT2D eigenvalue weighted by Crippen LogP contribution is 2.06. The molecule has 1 N–H and O–H groups in total. The highest BCUT2D eigenvalue weighted by molar-refractivity contribution is 5.74. The van der Waals surface area contributed by atoms with Gasteiger partial charge in [0, 0.05) is 42.9 Å². The first kappa shape index (κ1) is 11.0. The SMILES string of the molecule is C(=CNc1ccncc1)C=Nc1ccncc1. The maximum Gasteiger partial charge on any atom is 0.0660 e. The lowest BCUT2D eigenvalue weighted by Gasteiger charge is -1.96. The second kappa shape index (κ2) is 6.17. The molecule has 2 rings (SSSR count). The van der Waals surface area contributed by atoms with Crippen molar-refractivity contribution in [2.24, 2.45) is 4.99 Å². The van der Waals surface area contributed by atoms with E-state index in [-0.39, 0.29) is 0 Å². The summed E-state index contributed by atoms with van der Waals surface area (Å²) in [7, 11) is 0. The summed E-state index contributed by atoms with van der Waals surface area (Å²) in [4.78, 5) is 12.1. The number of anilines is 1. The van der Waals surface area contributed by atoms with Crippen molar-refractivity contribution in [1.29, 1.82) is 0 Å². The van der Waals surface area contributed by atoms with Gasteiger partial charge in [-0.3, -0.25) is 15.0 Å². The number of nitrogens with zero attached hydrogens (tertiary/aromatic N) is 3. The normalized spacial score (nSPS) is 11.1. The molecule has 0 bridgehead atoms. The molecule has 0 amide bonds. The Morgan fingerprint density at radius 3 is 2.29 bits per heavy atom. The minimum atomic E-state index is 0.883. The number of hydrogen-bond acceptors (Lipinski definition) is 4. The van der Waals surface area contributed by atoms with Gasteiger partial charge >= 0.3 is 0 Å². The topological polar surface area (TPSA) is 50.2 Å². The molecule has 0 aromatic carbocycles. The highest BCUT2D eigenvalue weighted by atomic mass is 14.8. The molecule has 0 aliphatic heterocycles. The number of rotatable bonds is 4. The van der Waals surface area contributed by atoms with Crippen molar-refractivity contribution in [1.82, 2.24) is 9.97 Å². The molecule has 0 radical (unpaired) electrons. The van der Waals surface area contributed by atoms with E-state index in [0.29, 0.717) is 0 Å². The van der Waals surface area contributed by atoms with Gasteiger partial charge in [-0.15, -0.1) is 0 Å². The van der Waals surface area contributed by atoms with Gasteiger partial charge < -0.3 is 5.32 Å². The minimum absolute atomic E-state index is 0.883. The third-order valence-corrected chi connectivity index (χ3v) is 2.00. The van der Waals surface area contributed by atoms with Crippen LogP contribution in [0.15, 0.2) is 66.3 Å². The van der Waals surface area contributed by atoms with Crippen LogP contribution in [0.1, 0.15) is 0 Å². The molecule has 84 valence electrons. The van der Waals surface area contributed by atoms with E-state index in [1.807, 2.05) is 36.5 Å². The van der Waals surface area contributed by atoms with Crippen LogP contribution in [-0.2, 0) is 0 Å². The number of aromatic nitrogens is 2. The molecule has 2 aromatic rings. The second-order valence-corrected chi connectivity index (χ2v) is 3.22. The second-order valence-electron chi connectivity index (χ2n) is 3.22. The summed E-state index contributed by atoms with van der Waals surface area (Å²) in [5, 5.41) is 3.11. The van der Waals surface area contributed by atoms with Gasteiger partial charge in [-0.1, -0.05) is 0 Å². The fourth-order valence-corrected chi connectivity index (χ4v) is 1.19. The van der Waals surface area contributed by atoms with Gasteiger partial charge in [0.05, 0.1) is 5.69 Å². The van der Waals surface area contributed by atoms with Gasteiger partial charge in [0.1, 0.15) is 0 Å². The van der Waals surface area contributed by atoms with Crippen LogP contribution >= 0.6 is 0 Å². The molecule has 0 aliphatic rings.